The summed E-state index contributed by atoms with van der Waals surface area (Å²) >= 11 is 0. The van der Waals surface area contributed by atoms with Crippen molar-refractivity contribution >= 4 is 5.91 Å². The van der Waals surface area contributed by atoms with Gasteiger partial charge >= 0.3 is 0 Å². The van der Waals surface area contributed by atoms with E-state index in [2.05, 4.69) is 5.32 Å². The average molecular weight is 247 g/mol. The number of rotatable bonds is 4. The predicted octanol–water partition coefficient (Wildman–Crippen LogP) is 1.81. The first-order valence-electron chi connectivity index (χ1n) is 6.65. The molecule has 1 aliphatic rings. The maximum Gasteiger partial charge on any atom is 0.224 e. The molecule has 1 amide bonds. The number of amides is 1. The summed E-state index contributed by atoms with van der Waals surface area (Å²) in [7, 11) is 0. The Balaban J connectivity index is 1.91. The van der Waals surface area contributed by atoms with Crippen LogP contribution in [0.15, 0.2) is 24.3 Å². The van der Waals surface area contributed by atoms with Crippen LogP contribution in [0.1, 0.15) is 30.4 Å². The Bertz CT molecular complexity index is 417. The van der Waals surface area contributed by atoms with Crippen molar-refractivity contribution in [2.75, 3.05) is 6.61 Å². The molecule has 18 heavy (non-hydrogen) atoms. The van der Waals surface area contributed by atoms with Crippen molar-refractivity contribution in [3.8, 4) is 0 Å². The average Bonchev–Trinajstić information content (AvgIpc) is 2.79. The number of carbonyl (C=O) groups excluding carboxylic acids is 1. The van der Waals surface area contributed by atoms with E-state index in [0.717, 1.165) is 30.4 Å². The molecule has 1 saturated carbocycles. The quantitative estimate of drug-likeness (QED) is 0.852. The molecule has 2 unspecified atom stereocenters. The Morgan fingerprint density at radius 1 is 1.39 bits per heavy atom. The van der Waals surface area contributed by atoms with Gasteiger partial charge in [-0.3, -0.25) is 4.79 Å². The zero-order valence-corrected chi connectivity index (χ0v) is 10.9. The number of benzene rings is 1. The van der Waals surface area contributed by atoms with Crippen molar-refractivity contribution < 1.29 is 9.90 Å². The highest BCUT2D eigenvalue weighted by atomic mass is 16.3. The highest BCUT2D eigenvalue weighted by Crippen LogP contribution is 2.25. The molecule has 1 aromatic carbocycles. The Kier molecular flexibility index (Phi) is 4.37. The van der Waals surface area contributed by atoms with Gasteiger partial charge in [-0.25, -0.2) is 0 Å². The number of nitrogens with one attached hydrogen (secondary N) is 1. The topological polar surface area (TPSA) is 49.3 Å². The van der Waals surface area contributed by atoms with E-state index in [1.54, 1.807) is 0 Å². The van der Waals surface area contributed by atoms with Crippen molar-refractivity contribution in [3.63, 3.8) is 0 Å². The number of hydrogen-bond donors (Lipinski definition) is 2. The fourth-order valence-corrected chi connectivity index (χ4v) is 2.68. The summed E-state index contributed by atoms with van der Waals surface area (Å²) in [6.07, 6.45) is 3.54. The third-order valence-corrected chi connectivity index (χ3v) is 3.85. The Morgan fingerprint density at radius 3 is 2.89 bits per heavy atom. The zero-order chi connectivity index (χ0) is 13.0. The van der Waals surface area contributed by atoms with Crippen LogP contribution >= 0.6 is 0 Å². The van der Waals surface area contributed by atoms with Gasteiger partial charge in [-0.05, 0) is 30.9 Å². The maximum atomic E-state index is 12.0. The Morgan fingerprint density at radius 2 is 2.17 bits per heavy atom. The molecule has 98 valence electrons. The minimum Gasteiger partial charge on any atom is -0.396 e. The second-order valence-corrected chi connectivity index (χ2v) is 5.15. The summed E-state index contributed by atoms with van der Waals surface area (Å²) in [6, 6.07) is 8.12. The van der Waals surface area contributed by atoms with Gasteiger partial charge in [0.15, 0.2) is 0 Å². The molecule has 0 spiro atoms. The van der Waals surface area contributed by atoms with Crippen LogP contribution in [0.25, 0.3) is 0 Å². The fourth-order valence-electron chi connectivity index (χ4n) is 2.68. The largest absolute Gasteiger partial charge is 0.396 e. The van der Waals surface area contributed by atoms with Crippen LogP contribution in [0, 0.1) is 12.8 Å². The van der Waals surface area contributed by atoms with Gasteiger partial charge < -0.3 is 10.4 Å². The lowest BCUT2D eigenvalue weighted by molar-refractivity contribution is -0.121. The van der Waals surface area contributed by atoms with Gasteiger partial charge in [0.2, 0.25) is 5.91 Å². The molecule has 3 nitrogen and oxygen atoms in total. The van der Waals surface area contributed by atoms with Gasteiger partial charge in [0.1, 0.15) is 0 Å². The number of carbonyl (C=O) groups is 1. The Hall–Kier alpha value is -1.35. The summed E-state index contributed by atoms with van der Waals surface area (Å²) in [5, 5.41) is 12.3. The molecular formula is C15H21NO2. The normalized spacial score (nSPS) is 23.0. The van der Waals surface area contributed by atoms with Crippen LogP contribution in [0.2, 0.25) is 0 Å². The van der Waals surface area contributed by atoms with Gasteiger partial charge in [-0.2, -0.15) is 0 Å². The maximum absolute atomic E-state index is 12.0. The molecule has 1 aliphatic carbocycles. The summed E-state index contributed by atoms with van der Waals surface area (Å²) in [5.74, 6) is 0.306. The highest BCUT2D eigenvalue weighted by molar-refractivity contribution is 5.79. The lowest BCUT2D eigenvalue weighted by atomic mass is 10.0. The number of aliphatic hydroxyl groups is 1. The van der Waals surface area contributed by atoms with Crippen molar-refractivity contribution in [1.82, 2.24) is 5.32 Å². The van der Waals surface area contributed by atoms with Crippen LogP contribution in [-0.4, -0.2) is 23.7 Å². The van der Waals surface area contributed by atoms with E-state index in [9.17, 15) is 9.90 Å². The molecule has 0 radical (unpaired) electrons. The minimum atomic E-state index is 0.0645. The zero-order valence-electron chi connectivity index (χ0n) is 10.9. The van der Waals surface area contributed by atoms with E-state index in [4.69, 9.17) is 0 Å². The molecule has 0 heterocycles. The molecule has 3 heteroatoms. The molecule has 1 aromatic rings. The van der Waals surface area contributed by atoms with Crippen LogP contribution in [0.4, 0.5) is 0 Å². The van der Waals surface area contributed by atoms with Gasteiger partial charge in [0.05, 0.1) is 6.42 Å². The SMILES string of the molecule is Cc1ccccc1CC(=O)NC1CCCC1CO. The molecule has 2 atom stereocenters. The molecular weight excluding hydrogens is 226 g/mol. The van der Waals surface area contributed by atoms with Gasteiger partial charge in [-0.15, -0.1) is 0 Å². The van der Waals surface area contributed by atoms with Crippen LogP contribution in [0.5, 0.6) is 0 Å². The van der Waals surface area contributed by atoms with Gasteiger partial charge in [-0.1, -0.05) is 30.7 Å². The minimum absolute atomic E-state index is 0.0645. The van der Waals surface area contributed by atoms with Crippen molar-refractivity contribution in [2.24, 2.45) is 5.92 Å². The Labute approximate surface area is 108 Å². The van der Waals surface area contributed by atoms with Crippen LogP contribution in [0.3, 0.4) is 0 Å². The molecule has 0 saturated heterocycles. The van der Waals surface area contributed by atoms with E-state index in [0.29, 0.717) is 6.42 Å². The number of aryl methyl sites for hydroxylation is 1. The molecule has 0 bridgehead atoms. The predicted molar refractivity (Wildman–Crippen MR) is 71.2 cm³/mol. The first-order chi connectivity index (χ1) is 8.70. The first-order valence-corrected chi connectivity index (χ1v) is 6.65. The second-order valence-electron chi connectivity index (χ2n) is 5.15. The monoisotopic (exact) mass is 247 g/mol. The highest BCUT2D eigenvalue weighted by Gasteiger charge is 2.27. The molecule has 0 aliphatic heterocycles. The van der Waals surface area contributed by atoms with E-state index in [1.165, 1.54) is 0 Å². The van der Waals surface area contributed by atoms with Gasteiger partial charge in [0.25, 0.3) is 0 Å². The van der Waals surface area contributed by atoms with E-state index < -0.39 is 0 Å². The first kappa shape index (κ1) is 13.1. The summed E-state index contributed by atoms with van der Waals surface area (Å²) in [4.78, 5) is 12.0. The summed E-state index contributed by atoms with van der Waals surface area (Å²) in [6.45, 7) is 2.20. The van der Waals surface area contributed by atoms with Crippen LogP contribution in [-0.2, 0) is 11.2 Å². The van der Waals surface area contributed by atoms with E-state index in [-0.39, 0.29) is 24.5 Å². The number of aliphatic hydroxyl groups excluding tert-OH is 1. The fraction of sp³-hybridized carbons (Fsp3) is 0.533. The lowest BCUT2D eigenvalue weighted by Crippen LogP contribution is -2.39. The molecule has 2 rings (SSSR count). The van der Waals surface area contributed by atoms with E-state index in [1.807, 2.05) is 31.2 Å². The third kappa shape index (κ3) is 3.10. The standard InChI is InChI=1S/C15H21NO2/c1-11-5-2-3-6-12(11)9-15(18)16-14-8-4-7-13(14)10-17/h2-3,5-6,13-14,17H,4,7-10H2,1H3,(H,16,18). The molecule has 2 N–H and O–H groups in total. The lowest BCUT2D eigenvalue weighted by Gasteiger charge is -2.19. The smallest absolute Gasteiger partial charge is 0.224 e. The van der Waals surface area contributed by atoms with E-state index >= 15 is 0 Å². The number of hydrogen-bond acceptors (Lipinski definition) is 2. The van der Waals surface area contributed by atoms with Gasteiger partial charge in [0, 0.05) is 18.6 Å². The second kappa shape index (κ2) is 6.01. The molecule has 1 fully saturated rings. The molecule has 0 aromatic heterocycles. The van der Waals surface area contributed by atoms with Crippen molar-refractivity contribution in [2.45, 2.75) is 38.6 Å². The summed E-state index contributed by atoms with van der Waals surface area (Å²) < 4.78 is 0. The third-order valence-electron chi connectivity index (χ3n) is 3.85. The van der Waals surface area contributed by atoms with Crippen molar-refractivity contribution in [3.05, 3.63) is 35.4 Å². The van der Waals surface area contributed by atoms with Crippen molar-refractivity contribution in [1.29, 1.82) is 0 Å². The summed E-state index contributed by atoms with van der Waals surface area (Å²) in [5.41, 5.74) is 2.23. The van der Waals surface area contributed by atoms with Crippen LogP contribution < -0.4 is 5.32 Å².